The minimum Gasteiger partial charge on any atom is -0.444 e. The van der Waals surface area contributed by atoms with E-state index in [-0.39, 0.29) is 23.8 Å². The minimum absolute atomic E-state index is 0.0472. The van der Waals surface area contributed by atoms with Crippen molar-refractivity contribution in [1.82, 2.24) is 10.2 Å². The SMILES string of the molecule is CC(C)(C)OC(=O)NC1C(c2ccc(F)cc2)C2CC1N2Cc1ccccc1. The second-order valence-corrected chi connectivity index (χ2v) is 8.78. The number of benzene rings is 2. The smallest absolute Gasteiger partial charge is 0.407 e. The van der Waals surface area contributed by atoms with Gasteiger partial charge in [0.1, 0.15) is 11.4 Å². The van der Waals surface area contributed by atoms with E-state index in [1.807, 2.05) is 51.1 Å². The standard InChI is InChI=1S/C23H27FN2O2/c1-23(2,3)28-22(27)25-21-19-13-18(20(21)16-9-11-17(24)12-10-16)26(19)14-15-7-5-4-6-8-15/h4-12,18-21H,13-14H2,1-3H3,(H,25,27). The molecule has 5 rings (SSSR count). The third-order valence-corrected chi connectivity index (χ3v) is 5.70. The molecule has 1 N–H and O–H groups in total. The zero-order chi connectivity index (χ0) is 19.9. The van der Waals surface area contributed by atoms with Gasteiger partial charge in [-0.3, -0.25) is 4.90 Å². The predicted octanol–water partition coefficient (Wildman–Crippen LogP) is 4.46. The molecule has 4 unspecified atom stereocenters. The first-order valence-electron chi connectivity index (χ1n) is 9.86. The topological polar surface area (TPSA) is 41.6 Å². The molecule has 2 aliphatic heterocycles. The van der Waals surface area contributed by atoms with E-state index in [9.17, 15) is 9.18 Å². The fourth-order valence-electron chi connectivity index (χ4n) is 4.58. The average molecular weight is 382 g/mol. The van der Waals surface area contributed by atoms with Gasteiger partial charge in [-0.1, -0.05) is 42.5 Å². The van der Waals surface area contributed by atoms with Crippen molar-refractivity contribution in [3.05, 3.63) is 71.5 Å². The Morgan fingerprint density at radius 1 is 1.11 bits per heavy atom. The first kappa shape index (κ1) is 18.9. The largest absolute Gasteiger partial charge is 0.444 e. The van der Waals surface area contributed by atoms with Crippen molar-refractivity contribution in [3.63, 3.8) is 0 Å². The van der Waals surface area contributed by atoms with Crippen molar-refractivity contribution in [2.24, 2.45) is 0 Å². The molecule has 2 aromatic carbocycles. The first-order valence-corrected chi connectivity index (χ1v) is 9.86. The Morgan fingerprint density at radius 3 is 2.43 bits per heavy atom. The van der Waals surface area contributed by atoms with E-state index < -0.39 is 11.7 Å². The van der Waals surface area contributed by atoms with Crippen molar-refractivity contribution in [2.75, 3.05) is 0 Å². The minimum atomic E-state index is -0.541. The van der Waals surface area contributed by atoms with Crippen LogP contribution in [0.3, 0.4) is 0 Å². The molecule has 4 atom stereocenters. The number of ether oxygens (including phenoxy) is 1. The summed E-state index contributed by atoms with van der Waals surface area (Å²) in [5, 5.41) is 3.11. The Balaban J connectivity index is 1.56. The number of rotatable bonds is 4. The lowest BCUT2D eigenvalue weighted by Crippen LogP contribution is -2.53. The molecule has 28 heavy (non-hydrogen) atoms. The highest BCUT2D eigenvalue weighted by molar-refractivity contribution is 5.69. The van der Waals surface area contributed by atoms with Crippen LogP contribution in [-0.2, 0) is 11.3 Å². The van der Waals surface area contributed by atoms with Crippen molar-refractivity contribution < 1.29 is 13.9 Å². The van der Waals surface area contributed by atoms with Gasteiger partial charge in [0.25, 0.3) is 0 Å². The summed E-state index contributed by atoms with van der Waals surface area (Å²) in [6, 6.07) is 17.6. The lowest BCUT2D eigenvalue weighted by atomic mass is 9.92. The molecule has 4 nitrogen and oxygen atoms in total. The number of hydrogen-bond acceptors (Lipinski definition) is 3. The molecule has 2 aromatic rings. The number of amides is 1. The van der Waals surface area contributed by atoms with Crippen LogP contribution in [0.15, 0.2) is 54.6 Å². The summed E-state index contributed by atoms with van der Waals surface area (Å²) < 4.78 is 18.9. The van der Waals surface area contributed by atoms with Crippen LogP contribution in [0.25, 0.3) is 0 Å². The summed E-state index contributed by atoms with van der Waals surface area (Å²) in [4.78, 5) is 14.9. The molecular formula is C23H27FN2O2. The molecule has 3 fully saturated rings. The zero-order valence-corrected chi connectivity index (χ0v) is 16.6. The van der Waals surface area contributed by atoms with E-state index in [0.29, 0.717) is 6.04 Å². The van der Waals surface area contributed by atoms with Gasteiger partial charge in [0.15, 0.2) is 0 Å². The van der Waals surface area contributed by atoms with Crippen molar-refractivity contribution in [1.29, 1.82) is 0 Å². The molecule has 3 aliphatic rings. The maximum Gasteiger partial charge on any atom is 0.407 e. The maximum atomic E-state index is 13.4. The molecule has 0 radical (unpaired) electrons. The van der Waals surface area contributed by atoms with Gasteiger partial charge in [-0.05, 0) is 50.5 Å². The van der Waals surface area contributed by atoms with Gasteiger partial charge in [-0.15, -0.1) is 0 Å². The Morgan fingerprint density at radius 2 is 1.79 bits per heavy atom. The van der Waals surface area contributed by atoms with Crippen molar-refractivity contribution in [2.45, 2.75) is 63.4 Å². The molecule has 1 aliphatic carbocycles. The molecule has 0 aromatic heterocycles. The Bertz CT molecular complexity index is 832. The van der Waals surface area contributed by atoms with Crippen LogP contribution < -0.4 is 5.32 Å². The van der Waals surface area contributed by atoms with Gasteiger partial charge in [0.05, 0.1) is 6.04 Å². The molecule has 2 bridgehead atoms. The second-order valence-electron chi connectivity index (χ2n) is 8.78. The zero-order valence-electron chi connectivity index (χ0n) is 16.6. The van der Waals surface area contributed by atoms with Crippen molar-refractivity contribution in [3.8, 4) is 0 Å². The number of fused-ring (bicyclic) bond motifs is 1. The predicted molar refractivity (Wildman–Crippen MR) is 106 cm³/mol. The second kappa shape index (κ2) is 7.21. The summed E-state index contributed by atoms with van der Waals surface area (Å²) >= 11 is 0. The summed E-state index contributed by atoms with van der Waals surface area (Å²) in [5.74, 6) is -0.117. The van der Waals surface area contributed by atoms with Gasteiger partial charge in [-0.2, -0.15) is 0 Å². The summed E-state index contributed by atoms with van der Waals surface area (Å²) in [5.41, 5.74) is 1.78. The van der Waals surface area contributed by atoms with E-state index in [0.717, 1.165) is 18.5 Å². The highest BCUT2D eigenvalue weighted by Crippen LogP contribution is 2.50. The van der Waals surface area contributed by atoms with Crippen molar-refractivity contribution >= 4 is 6.09 Å². The monoisotopic (exact) mass is 382 g/mol. The van der Waals surface area contributed by atoms with Crippen LogP contribution in [0.5, 0.6) is 0 Å². The molecule has 2 saturated heterocycles. The van der Waals surface area contributed by atoms with Crippen LogP contribution in [0.1, 0.15) is 44.2 Å². The van der Waals surface area contributed by atoms with E-state index in [1.165, 1.54) is 17.7 Å². The fraction of sp³-hybridized carbons (Fsp3) is 0.435. The third kappa shape index (κ3) is 3.76. The van der Waals surface area contributed by atoms with Gasteiger partial charge >= 0.3 is 6.09 Å². The number of alkyl carbamates (subject to hydrolysis) is 1. The normalized spacial score (nSPS) is 26.6. The number of halogens is 1. The maximum absolute atomic E-state index is 13.4. The molecule has 148 valence electrons. The van der Waals surface area contributed by atoms with Crippen LogP contribution in [0, 0.1) is 5.82 Å². The van der Waals surface area contributed by atoms with E-state index >= 15 is 0 Å². The van der Waals surface area contributed by atoms with Crippen LogP contribution in [0.4, 0.5) is 9.18 Å². The van der Waals surface area contributed by atoms with Crippen LogP contribution in [0.2, 0.25) is 0 Å². The molecule has 5 heteroatoms. The lowest BCUT2D eigenvalue weighted by Gasteiger charge is -2.42. The average Bonchev–Trinajstić information content (AvgIpc) is 3.12. The number of nitrogens with one attached hydrogen (secondary N) is 1. The number of carbonyl (C=O) groups is 1. The molecule has 1 saturated carbocycles. The summed E-state index contributed by atoms with van der Waals surface area (Å²) in [7, 11) is 0. The summed E-state index contributed by atoms with van der Waals surface area (Å²) in [6.07, 6.45) is 0.631. The van der Waals surface area contributed by atoms with E-state index in [2.05, 4.69) is 22.3 Å². The van der Waals surface area contributed by atoms with Crippen LogP contribution in [-0.4, -0.2) is 34.7 Å². The Hall–Kier alpha value is -2.40. The molecule has 1 amide bonds. The summed E-state index contributed by atoms with van der Waals surface area (Å²) in [6.45, 7) is 6.43. The van der Waals surface area contributed by atoms with Crippen LogP contribution >= 0.6 is 0 Å². The van der Waals surface area contributed by atoms with Gasteiger partial charge in [-0.25, -0.2) is 9.18 Å². The van der Waals surface area contributed by atoms with E-state index in [4.69, 9.17) is 4.74 Å². The Kier molecular flexibility index (Phi) is 4.88. The number of hydrogen-bond donors (Lipinski definition) is 1. The highest BCUT2D eigenvalue weighted by Gasteiger charge is 2.58. The quantitative estimate of drug-likeness (QED) is 0.849. The lowest BCUT2D eigenvalue weighted by molar-refractivity contribution is 0.0415. The first-order chi connectivity index (χ1) is 13.3. The Labute approximate surface area is 165 Å². The van der Waals surface area contributed by atoms with Gasteiger partial charge < -0.3 is 10.1 Å². The molecular weight excluding hydrogens is 355 g/mol. The molecule has 0 spiro atoms. The highest BCUT2D eigenvalue weighted by atomic mass is 19.1. The fourth-order valence-corrected chi connectivity index (χ4v) is 4.58. The molecule has 2 heterocycles. The number of carbonyl (C=O) groups excluding carboxylic acids is 1. The van der Waals surface area contributed by atoms with Gasteiger partial charge in [0.2, 0.25) is 0 Å². The van der Waals surface area contributed by atoms with Gasteiger partial charge in [0, 0.05) is 24.5 Å². The number of nitrogens with zero attached hydrogens (tertiary/aromatic N) is 1. The third-order valence-electron chi connectivity index (χ3n) is 5.70. The van der Waals surface area contributed by atoms with E-state index in [1.54, 1.807) is 0 Å².